The zero-order chi connectivity index (χ0) is 19.7. The number of piperidine rings is 1. The van der Waals surface area contributed by atoms with E-state index >= 15 is 0 Å². The van der Waals surface area contributed by atoms with Crippen molar-refractivity contribution >= 4 is 17.8 Å². The third-order valence-corrected chi connectivity index (χ3v) is 5.66. The minimum atomic E-state index is -1.11. The van der Waals surface area contributed by atoms with Crippen LogP contribution in [0.4, 0.5) is 10.6 Å². The van der Waals surface area contributed by atoms with Gasteiger partial charge in [-0.1, -0.05) is 19.9 Å². The number of aromatic nitrogens is 3. The lowest BCUT2D eigenvalue weighted by molar-refractivity contribution is -0.126. The highest BCUT2D eigenvalue weighted by Gasteiger charge is 2.54. The van der Waals surface area contributed by atoms with E-state index in [-0.39, 0.29) is 11.8 Å². The van der Waals surface area contributed by atoms with E-state index in [0.717, 1.165) is 37.4 Å². The summed E-state index contributed by atoms with van der Waals surface area (Å²) in [6, 6.07) is 8.98. The SMILES string of the molecule is CC(C)c1ccc(N2CCC([C@@]3(c4ccccn4)NC(=O)NC3=O)CC2)nn1. The maximum Gasteiger partial charge on any atom is 0.322 e. The van der Waals surface area contributed by atoms with Crippen LogP contribution in [-0.2, 0) is 10.3 Å². The molecule has 2 N–H and O–H groups in total. The second-order valence-electron chi connectivity index (χ2n) is 7.66. The number of pyridine rings is 1. The van der Waals surface area contributed by atoms with Gasteiger partial charge in [0.25, 0.3) is 5.91 Å². The zero-order valence-corrected chi connectivity index (χ0v) is 16.1. The van der Waals surface area contributed by atoms with Gasteiger partial charge in [0.2, 0.25) is 0 Å². The van der Waals surface area contributed by atoms with Crippen LogP contribution in [0.2, 0.25) is 0 Å². The Balaban J connectivity index is 1.54. The molecule has 1 atom stereocenters. The molecule has 4 rings (SSSR count). The van der Waals surface area contributed by atoms with Gasteiger partial charge in [-0.25, -0.2) is 4.79 Å². The van der Waals surface area contributed by atoms with E-state index in [1.807, 2.05) is 18.2 Å². The molecule has 2 fully saturated rings. The van der Waals surface area contributed by atoms with E-state index in [2.05, 4.69) is 44.6 Å². The molecular formula is C20H24N6O2. The minimum absolute atomic E-state index is 0.0482. The molecule has 2 saturated heterocycles. The Kier molecular flexibility index (Phi) is 4.70. The number of hydrogen-bond donors (Lipinski definition) is 2. The van der Waals surface area contributed by atoms with Crippen LogP contribution in [0, 0.1) is 5.92 Å². The van der Waals surface area contributed by atoms with Crippen molar-refractivity contribution in [2.75, 3.05) is 18.0 Å². The average Bonchev–Trinajstić information content (AvgIpc) is 3.03. The Bertz CT molecular complexity index is 862. The molecule has 28 heavy (non-hydrogen) atoms. The summed E-state index contributed by atoms with van der Waals surface area (Å²) in [6.45, 7) is 5.65. The summed E-state index contributed by atoms with van der Waals surface area (Å²) in [4.78, 5) is 31.3. The molecule has 2 aliphatic heterocycles. The van der Waals surface area contributed by atoms with E-state index in [9.17, 15) is 9.59 Å². The number of urea groups is 1. The van der Waals surface area contributed by atoms with Crippen LogP contribution >= 0.6 is 0 Å². The molecule has 8 nitrogen and oxygen atoms in total. The lowest BCUT2D eigenvalue weighted by Gasteiger charge is -2.40. The fourth-order valence-corrected chi connectivity index (χ4v) is 4.10. The summed E-state index contributed by atoms with van der Waals surface area (Å²) in [5.74, 6) is 0.813. The Labute approximate surface area is 163 Å². The van der Waals surface area contributed by atoms with E-state index in [1.54, 1.807) is 18.3 Å². The van der Waals surface area contributed by atoms with E-state index in [0.29, 0.717) is 11.6 Å². The first-order valence-corrected chi connectivity index (χ1v) is 9.64. The first-order valence-electron chi connectivity index (χ1n) is 9.64. The smallest absolute Gasteiger partial charge is 0.322 e. The van der Waals surface area contributed by atoms with Gasteiger partial charge in [-0.2, -0.15) is 5.10 Å². The number of rotatable bonds is 4. The van der Waals surface area contributed by atoms with Gasteiger partial charge in [-0.3, -0.25) is 15.1 Å². The first-order chi connectivity index (χ1) is 13.5. The van der Waals surface area contributed by atoms with Gasteiger partial charge in [-0.05, 0) is 43.0 Å². The van der Waals surface area contributed by atoms with Crippen molar-refractivity contribution in [3.63, 3.8) is 0 Å². The number of nitrogens with one attached hydrogen (secondary N) is 2. The van der Waals surface area contributed by atoms with Crippen LogP contribution in [0.5, 0.6) is 0 Å². The molecule has 4 heterocycles. The maximum atomic E-state index is 12.8. The number of anilines is 1. The van der Waals surface area contributed by atoms with Gasteiger partial charge < -0.3 is 10.2 Å². The lowest BCUT2D eigenvalue weighted by atomic mass is 9.75. The van der Waals surface area contributed by atoms with E-state index in [1.165, 1.54) is 0 Å². The highest BCUT2D eigenvalue weighted by molar-refractivity contribution is 6.07. The van der Waals surface area contributed by atoms with Crippen LogP contribution in [0.25, 0.3) is 0 Å². The molecule has 8 heteroatoms. The Morgan fingerprint density at radius 2 is 1.89 bits per heavy atom. The summed E-state index contributed by atoms with van der Waals surface area (Å²) < 4.78 is 0. The number of amides is 3. The van der Waals surface area contributed by atoms with Gasteiger partial charge in [0.15, 0.2) is 11.4 Å². The Hall–Kier alpha value is -3.03. The number of nitrogens with zero attached hydrogens (tertiary/aromatic N) is 4. The van der Waals surface area contributed by atoms with Gasteiger partial charge >= 0.3 is 6.03 Å². The molecular weight excluding hydrogens is 356 g/mol. The predicted molar refractivity (Wildman–Crippen MR) is 104 cm³/mol. The third kappa shape index (κ3) is 3.08. The maximum absolute atomic E-state index is 12.8. The molecule has 3 amide bonds. The van der Waals surface area contributed by atoms with Crippen molar-refractivity contribution in [3.8, 4) is 0 Å². The molecule has 2 aromatic rings. The van der Waals surface area contributed by atoms with Gasteiger partial charge in [0.1, 0.15) is 0 Å². The predicted octanol–water partition coefficient (Wildman–Crippen LogP) is 1.95. The van der Waals surface area contributed by atoms with Gasteiger partial charge in [0.05, 0.1) is 11.4 Å². The van der Waals surface area contributed by atoms with Crippen molar-refractivity contribution in [2.45, 2.75) is 38.1 Å². The van der Waals surface area contributed by atoms with Crippen molar-refractivity contribution in [1.29, 1.82) is 0 Å². The van der Waals surface area contributed by atoms with Crippen LogP contribution in [0.1, 0.15) is 44.0 Å². The van der Waals surface area contributed by atoms with Gasteiger partial charge in [0, 0.05) is 25.2 Å². The zero-order valence-electron chi connectivity index (χ0n) is 16.1. The first kappa shape index (κ1) is 18.3. The number of carbonyl (C=O) groups excluding carboxylic acids is 2. The topological polar surface area (TPSA) is 100 Å². The summed E-state index contributed by atoms with van der Waals surface area (Å²) in [5, 5.41) is 13.9. The van der Waals surface area contributed by atoms with Gasteiger partial charge in [-0.15, -0.1) is 5.10 Å². The normalized spacial score (nSPS) is 23.0. The molecule has 0 bridgehead atoms. The molecule has 0 radical (unpaired) electrons. The third-order valence-electron chi connectivity index (χ3n) is 5.66. The summed E-state index contributed by atoms with van der Waals surface area (Å²) in [6.07, 6.45) is 3.12. The van der Waals surface area contributed by atoms with Crippen LogP contribution in [0.15, 0.2) is 36.5 Å². The molecule has 0 unspecified atom stereocenters. The molecule has 2 aliphatic rings. The molecule has 0 aromatic carbocycles. The van der Waals surface area contributed by atoms with E-state index < -0.39 is 11.6 Å². The minimum Gasteiger partial charge on any atom is -0.355 e. The van der Waals surface area contributed by atoms with Crippen molar-refractivity contribution in [2.24, 2.45) is 5.92 Å². The molecule has 2 aromatic heterocycles. The fourth-order valence-electron chi connectivity index (χ4n) is 4.10. The fraction of sp³-hybridized carbons (Fsp3) is 0.450. The molecule has 0 saturated carbocycles. The second-order valence-corrected chi connectivity index (χ2v) is 7.66. The summed E-state index contributed by atoms with van der Waals surface area (Å²) in [7, 11) is 0. The molecule has 0 aliphatic carbocycles. The monoisotopic (exact) mass is 380 g/mol. The quantitative estimate of drug-likeness (QED) is 0.787. The average molecular weight is 380 g/mol. The lowest BCUT2D eigenvalue weighted by Crippen LogP contribution is -2.54. The standard InChI is InChI=1S/C20H24N6O2/c1-13(2)15-6-7-17(25-24-15)26-11-8-14(9-12-26)20(16-5-3-4-10-21-16)18(27)22-19(28)23-20/h3-7,10,13-14H,8-9,11-12H2,1-2H3,(H2,22,23,27,28)/t20-/m0/s1. The summed E-state index contributed by atoms with van der Waals surface area (Å²) >= 11 is 0. The largest absolute Gasteiger partial charge is 0.355 e. The van der Waals surface area contributed by atoms with Crippen molar-refractivity contribution < 1.29 is 9.59 Å². The molecule has 146 valence electrons. The molecule has 0 spiro atoms. The number of carbonyl (C=O) groups is 2. The number of imide groups is 1. The van der Waals surface area contributed by atoms with E-state index in [4.69, 9.17) is 0 Å². The summed E-state index contributed by atoms with van der Waals surface area (Å²) in [5.41, 5.74) is 0.438. The highest BCUT2D eigenvalue weighted by Crippen LogP contribution is 2.38. The van der Waals surface area contributed by atoms with Crippen LogP contribution < -0.4 is 15.5 Å². The highest BCUT2D eigenvalue weighted by atomic mass is 16.2. The Morgan fingerprint density at radius 3 is 2.43 bits per heavy atom. The second kappa shape index (κ2) is 7.18. The Morgan fingerprint density at radius 1 is 1.11 bits per heavy atom. The van der Waals surface area contributed by atoms with Crippen LogP contribution in [-0.4, -0.2) is 40.2 Å². The van der Waals surface area contributed by atoms with Crippen molar-refractivity contribution in [1.82, 2.24) is 25.8 Å². The number of hydrogen-bond acceptors (Lipinski definition) is 6. The van der Waals surface area contributed by atoms with Crippen LogP contribution in [0.3, 0.4) is 0 Å². The van der Waals surface area contributed by atoms with Crippen molar-refractivity contribution in [3.05, 3.63) is 47.9 Å².